The third-order valence-electron chi connectivity index (χ3n) is 2.12. The van der Waals surface area contributed by atoms with E-state index in [2.05, 4.69) is 20.3 Å². The minimum Gasteiger partial charge on any atom is -0.364 e. The van der Waals surface area contributed by atoms with Gasteiger partial charge in [0, 0.05) is 37.4 Å². The largest absolute Gasteiger partial charge is 0.364 e. The zero-order valence-electron chi connectivity index (χ0n) is 8.70. The number of hydrogen-bond acceptors (Lipinski definition) is 3. The molecule has 0 aliphatic heterocycles. The van der Waals surface area contributed by atoms with Crippen LogP contribution in [-0.4, -0.2) is 15.0 Å². The van der Waals surface area contributed by atoms with Gasteiger partial charge in [-0.15, -0.1) is 0 Å². The maximum Gasteiger partial charge on any atom is 0.0724 e. The topological polar surface area (TPSA) is 53.6 Å². The molecule has 0 saturated carbocycles. The van der Waals surface area contributed by atoms with Crippen molar-refractivity contribution in [3.05, 3.63) is 47.8 Å². The predicted octanol–water partition coefficient (Wildman–Crippen LogP) is 1.40. The van der Waals surface area contributed by atoms with E-state index in [4.69, 9.17) is 0 Å². The van der Waals surface area contributed by atoms with Gasteiger partial charge < -0.3 is 10.3 Å². The van der Waals surface area contributed by atoms with Gasteiger partial charge in [0.15, 0.2) is 0 Å². The standard InChI is InChI=1S/C11H14N4/c1-9-5-15-11(8-14-9)7-12-6-10-3-2-4-13-10/h2-5,8,12-13H,6-7H2,1H3. The molecule has 2 heterocycles. The highest BCUT2D eigenvalue weighted by Gasteiger charge is 1.95. The summed E-state index contributed by atoms with van der Waals surface area (Å²) in [6, 6.07) is 4.04. The number of aryl methyl sites for hydroxylation is 1. The third-order valence-corrected chi connectivity index (χ3v) is 2.12. The highest BCUT2D eigenvalue weighted by atomic mass is 14.9. The van der Waals surface area contributed by atoms with Gasteiger partial charge in [-0.2, -0.15) is 0 Å². The second-order valence-corrected chi connectivity index (χ2v) is 3.45. The van der Waals surface area contributed by atoms with E-state index in [0.29, 0.717) is 0 Å². The summed E-state index contributed by atoms with van der Waals surface area (Å²) in [4.78, 5) is 11.6. The first kappa shape index (κ1) is 9.86. The molecule has 0 aromatic carbocycles. The maximum absolute atomic E-state index is 4.26. The smallest absolute Gasteiger partial charge is 0.0724 e. The fourth-order valence-corrected chi connectivity index (χ4v) is 1.31. The first-order valence-electron chi connectivity index (χ1n) is 4.95. The third kappa shape index (κ3) is 2.89. The maximum atomic E-state index is 4.26. The molecule has 0 fully saturated rings. The van der Waals surface area contributed by atoms with E-state index in [-0.39, 0.29) is 0 Å². The summed E-state index contributed by atoms with van der Waals surface area (Å²) in [5.74, 6) is 0. The van der Waals surface area contributed by atoms with Crippen molar-refractivity contribution in [2.24, 2.45) is 0 Å². The lowest BCUT2D eigenvalue weighted by Gasteiger charge is -2.02. The molecule has 0 aliphatic carbocycles. The lowest BCUT2D eigenvalue weighted by Crippen LogP contribution is -2.14. The van der Waals surface area contributed by atoms with Crippen LogP contribution in [0.25, 0.3) is 0 Å². The summed E-state index contributed by atoms with van der Waals surface area (Å²) in [6.45, 7) is 3.50. The second-order valence-electron chi connectivity index (χ2n) is 3.45. The first-order valence-corrected chi connectivity index (χ1v) is 4.95. The lowest BCUT2D eigenvalue weighted by atomic mass is 10.4. The summed E-state index contributed by atoms with van der Waals surface area (Å²) in [7, 11) is 0. The van der Waals surface area contributed by atoms with Gasteiger partial charge in [-0.3, -0.25) is 9.97 Å². The number of aromatic nitrogens is 3. The highest BCUT2D eigenvalue weighted by molar-refractivity contribution is 5.04. The molecule has 0 atom stereocenters. The molecule has 4 heteroatoms. The summed E-state index contributed by atoms with van der Waals surface area (Å²) in [5, 5.41) is 3.29. The first-order chi connectivity index (χ1) is 7.34. The van der Waals surface area contributed by atoms with Gasteiger partial charge in [0.2, 0.25) is 0 Å². The van der Waals surface area contributed by atoms with Gasteiger partial charge >= 0.3 is 0 Å². The Bertz CT molecular complexity index is 391. The van der Waals surface area contributed by atoms with Gasteiger partial charge in [0.05, 0.1) is 11.4 Å². The van der Waals surface area contributed by atoms with Gasteiger partial charge in [-0.1, -0.05) is 0 Å². The Kier molecular flexibility index (Phi) is 3.09. The highest BCUT2D eigenvalue weighted by Crippen LogP contribution is 1.96. The Labute approximate surface area is 88.8 Å². The molecule has 2 N–H and O–H groups in total. The fourth-order valence-electron chi connectivity index (χ4n) is 1.31. The van der Waals surface area contributed by atoms with Crippen LogP contribution in [0.3, 0.4) is 0 Å². The summed E-state index contributed by atoms with van der Waals surface area (Å²) in [5.41, 5.74) is 3.09. The van der Waals surface area contributed by atoms with E-state index in [1.54, 1.807) is 12.4 Å². The minimum absolute atomic E-state index is 0.742. The summed E-state index contributed by atoms with van der Waals surface area (Å²) in [6.07, 6.45) is 5.51. The van der Waals surface area contributed by atoms with Crippen molar-refractivity contribution in [2.75, 3.05) is 0 Å². The molecule has 0 radical (unpaired) electrons. The Morgan fingerprint density at radius 1 is 1.27 bits per heavy atom. The number of hydrogen-bond donors (Lipinski definition) is 2. The molecule has 0 bridgehead atoms. The monoisotopic (exact) mass is 202 g/mol. The van der Waals surface area contributed by atoms with E-state index < -0.39 is 0 Å². The van der Waals surface area contributed by atoms with Crippen molar-refractivity contribution < 1.29 is 0 Å². The van der Waals surface area contributed by atoms with Crippen LogP contribution >= 0.6 is 0 Å². The van der Waals surface area contributed by atoms with Crippen molar-refractivity contribution in [3.8, 4) is 0 Å². The molecule has 78 valence electrons. The van der Waals surface area contributed by atoms with Crippen LogP contribution in [0.5, 0.6) is 0 Å². The molecule has 0 aliphatic rings. The number of H-pyrrole nitrogens is 1. The van der Waals surface area contributed by atoms with Crippen molar-refractivity contribution in [3.63, 3.8) is 0 Å². The molecule has 0 amide bonds. The molecule has 0 saturated heterocycles. The number of aromatic amines is 1. The predicted molar refractivity (Wildman–Crippen MR) is 58.1 cm³/mol. The van der Waals surface area contributed by atoms with Crippen LogP contribution in [0.2, 0.25) is 0 Å². The van der Waals surface area contributed by atoms with Crippen LogP contribution in [0.15, 0.2) is 30.7 Å². The molecule has 15 heavy (non-hydrogen) atoms. The molecule has 0 unspecified atom stereocenters. The van der Waals surface area contributed by atoms with Crippen molar-refractivity contribution in [1.29, 1.82) is 0 Å². The van der Waals surface area contributed by atoms with Crippen LogP contribution in [0.1, 0.15) is 17.1 Å². The van der Waals surface area contributed by atoms with Gasteiger partial charge in [-0.05, 0) is 19.1 Å². The Hall–Kier alpha value is -1.68. The van der Waals surface area contributed by atoms with Gasteiger partial charge in [0.25, 0.3) is 0 Å². The molecular weight excluding hydrogens is 188 g/mol. The van der Waals surface area contributed by atoms with E-state index in [1.165, 1.54) is 5.69 Å². The Balaban J connectivity index is 1.81. The van der Waals surface area contributed by atoms with Crippen LogP contribution < -0.4 is 5.32 Å². The normalized spacial score (nSPS) is 10.5. The van der Waals surface area contributed by atoms with E-state index >= 15 is 0 Å². The zero-order chi connectivity index (χ0) is 10.5. The van der Waals surface area contributed by atoms with Crippen molar-refractivity contribution >= 4 is 0 Å². The average molecular weight is 202 g/mol. The van der Waals surface area contributed by atoms with Crippen molar-refractivity contribution in [1.82, 2.24) is 20.3 Å². The minimum atomic E-state index is 0.742. The average Bonchev–Trinajstić information content (AvgIpc) is 2.74. The summed E-state index contributed by atoms with van der Waals surface area (Å²) < 4.78 is 0. The molecular formula is C11H14N4. The molecule has 2 rings (SSSR count). The summed E-state index contributed by atoms with van der Waals surface area (Å²) >= 11 is 0. The molecule has 2 aromatic heterocycles. The Morgan fingerprint density at radius 3 is 2.87 bits per heavy atom. The van der Waals surface area contributed by atoms with E-state index in [9.17, 15) is 0 Å². The van der Waals surface area contributed by atoms with Crippen molar-refractivity contribution in [2.45, 2.75) is 20.0 Å². The zero-order valence-corrected chi connectivity index (χ0v) is 8.70. The number of nitrogens with one attached hydrogen (secondary N) is 2. The SMILES string of the molecule is Cc1cnc(CNCc2ccc[nH]2)cn1. The van der Waals surface area contributed by atoms with Gasteiger partial charge in [-0.25, -0.2) is 0 Å². The van der Waals surface area contributed by atoms with E-state index in [0.717, 1.165) is 24.5 Å². The van der Waals surface area contributed by atoms with Crippen LogP contribution in [-0.2, 0) is 13.1 Å². The molecule has 4 nitrogen and oxygen atoms in total. The number of nitrogens with zero attached hydrogens (tertiary/aromatic N) is 2. The Morgan fingerprint density at radius 2 is 2.20 bits per heavy atom. The molecule has 2 aromatic rings. The van der Waals surface area contributed by atoms with Gasteiger partial charge in [0.1, 0.15) is 0 Å². The fraction of sp³-hybridized carbons (Fsp3) is 0.273. The quantitative estimate of drug-likeness (QED) is 0.788. The van der Waals surface area contributed by atoms with E-state index in [1.807, 2.05) is 25.3 Å². The van der Waals surface area contributed by atoms with Crippen LogP contribution in [0, 0.1) is 6.92 Å². The lowest BCUT2D eigenvalue weighted by molar-refractivity contribution is 0.666. The molecule has 0 spiro atoms. The number of rotatable bonds is 4. The van der Waals surface area contributed by atoms with Crippen LogP contribution in [0.4, 0.5) is 0 Å². The second kappa shape index (κ2) is 4.70.